The summed E-state index contributed by atoms with van der Waals surface area (Å²) in [6.07, 6.45) is -1.18. The Kier molecular flexibility index (Phi) is 7.65. The van der Waals surface area contributed by atoms with Gasteiger partial charge in [-0.25, -0.2) is 4.99 Å². The summed E-state index contributed by atoms with van der Waals surface area (Å²) in [6.45, 7) is 1.20. The molecule has 1 aliphatic rings. The monoisotopic (exact) mass is 504 g/mol. The second-order valence-corrected chi connectivity index (χ2v) is 8.58. The predicted octanol–water partition coefficient (Wildman–Crippen LogP) is 3.18. The van der Waals surface area contributed by atoms with Crippen LogP contribution < -0.4 is 20.3 Å². The summed E-state index contributed by atoms with van der Waals surface area (Å²) in [5.41, 5.74) is 2.85. The molecule has 8 nitrogen and oxygen atoms in total. The van der Waals surface area contributed by atoms with Crippen LogP contribution in [0.3, 0.4) is 0 Å². The predicted molar refractivity (Wildman–Crippen MR) is 138 cm³/mol. The number of benzodiazepines with no additional fused rings is 1. The fourth-order valence-corrected chi connectivity index (χ4v) is 3.95. The average molecular weight is 505 g/mol. The smallest absolute Gasteiger partial charge is 0.272 e. The highest BCUT2D eigenvalue weighted by Gasteiger charge is 2.32. The normalized spacial score (nSPS) is 15.8. The van der Waals surface area contributed by atoms with E-state index in [1.807, 2.05) is 54.6 Å². The first-order valence-corrected chi connectivity index (χ1v) is 11.7. The number of halogens is 1. The number of para-hydroxylation sites is 2. The standard InChI is InChI=1S/C27H25ClN4O4/c1-17(29-23(33)16-36-22-15-9-7-13-20(22)28)26(34)31-25-27(35)32(2)21-14-8-6-12-19(21)24(30-25)18-10-4-3-5-11-18/h3-15,17,25H,16H2,1-2H3,(H,29,33)(H,31,34)/t17-,25?/m0/s1. The minimum atomic E-state index is -1.18. The number of carbonyl (C=O) groups is 3. The van der Waals surface area contributed by atoms with Crippen molar-refractivity contribution in [3.05, 3.63) is 95.0 Å². The van der Waals surface area contributed by atoms with E-state index < -0.39 is 29.9 Å². The van der Waals surface area contributed by atoms with E-state index in [1.165, 1.54) is 11.8 Å². The molecule has 0 aromatic heterocycles. The van der Waals surface area contributed by atoms with E-state index in [4.69, 9.17) is 16.3 Å². The highest BCUT2D eigenvalue weighted by Crippen LogP contribution is 2.27. The molecule has 184 valence electrons. The topological polar surface area (TPSA) is 100 Å². The third kappa shape index (κ3) is 5.55. The molecule has 1 unspecified atom stereocenters. The Bertz CT molecular complexity index is 1310. The third-order valence-electron chi connectivity index (χ3n) is 5.64. The van der Waals surface area contributed by atoms with Crippen LogP contribution in [0.25, 0.3) is 0 Å². The first kappa shape index (κ1) is 24.9. The zero-order chi connectivity index (χ0) is 25.7. The molecule has 0 bridgehead atoms. The van der Waals surface area contributed by atoms with Crippen molar-refractivity contribution in [2.45, 2.75) is 19.1 Å². The van der Waals surface area contributed by atoms with Crippen molar-refractivity contribution in [3.63, 3.8) is 0 Å². The van der Waals surface area contributed by atoms with Crippen molar-refractivity contribution < 1.29 is 19.1 Å². The molecule has 2 N–H and O–H groups in total. The van der Waals surface area contributed by atoms with Crippen molar-refractivity contribution in [1.29, 1.82) is 0 Å². The second kappa shape index (κ2) is 11.0. The summed E-state index contributed by atoms with van der Waals surface area (Å²) in [6, 6.07) is 22.7. The summed E-state index contributed by atoms with van der Waals surface area (Å²) in [7, 11) is 1.64. The number of carbonyl (C=O) groups excluding carboxylic acids is 3. The first-order chi connectivity index (χ1) is 17.3. The van der Waals surface area contributed by atoms with Crippen molar-refractivity contribution >= 4 is 40.7 Å². The number of ether oxygens (including phenoxy) is 1. The van der Waals surface area contributed by atoms with E-state index >= 15 is 0 Å². The van der Waals surface area contributed by atoms with Gasteiger partial charge in [0, 0.05) is 18.2 Å². The van der Waals surface area contributed by atoms with E-state index in [-0.39, 0.29) is 6.61 Å². The molecule has 0 spiro atoms. The number of likely N-dealkylation sites (N-methyl/N-ethyl adjacent to an activating group) is 1. The molecular formula is C27H25ClN4O4. The minimum absolute atomic E-state index is 0.321. The van der Waals surface area contributed by atoms with Crippen LogP contribution in [-0.2, 0) is 14.4 Å². The van der Waals surface area contributed by atoms with Crippen molar-refractivity contribution in [3.8, 4) is 5.75 Å². The Labute approximate surface area is 213 Å². The lowest BCUT2D eigenvalue weighted by Gasteiger charge is -2.22. The first-order valence-electron chi connectivity index (χ1n) is 11.3. The highest BCUT2D eigenvalue weighted by molar-refractivity contribution is 6.32. The SMILES string of the molecule is C[C@H](NC(=O)COc1ccccc1Cl)C(=O)NC1N=C(c2ccccc2)c2ccccc2N(C)C1=O. The number of amides is 3. The van der Waals surface area contributed by atoms with Crippen LogP contribution in [-0.4, -0.2) is 49.3 Å². The number of benzene rings is 3. The Morgan fingerprint density at radius 1 is 1.03 bits per heavy atom. The molecule has 3 aromatic carbocycles. The average Bonchev–Trinajstić information content (AvgIpc) is 2.99. The van der Waals surface area contributed by atoms with E-state index in [0.29, 0.717) is 22.2 Å². The quantitative estimate of drug-likeness (QED) is 0.516. The van der Waals surface area contributed by atoms with E-state index in [2.05, 4.69) is 15.6 Å². The lowest BCUT2D eigenvalue weighted by molar-refractivity contribution is -0.131. The summed E-state index contributed by atoms with van der Waals surface area (Å²) in [4.78, 5) is 44.6. The van der Waals surface area contributed by atoms with Crippen LogP contribution in [0, 0.1) is 0 Å². The molecular weight excluding hydrogens is 480 g/mol. The van der Waals surface area contributed by atoms with Crippen LogP contribution >= 0.6 is 11.6 Å². The van der Waals surface area contributed by atoms with Gasteiger partial charge in [-0.05, 0) is 25.1 Å². The number of rotatable bonds is 7. The molecule has 4 rings (SSSR count). The summed E-state index contributed by atoms with van der Waals surface area (Å²) in [5.74, 6) is -1.11. The second-order valence-electron chi connectivity index (χ2n) is 8.18. The molecule has 0 saturated heterocycles. The van der Waals surface area contributed by atoms with Gasteiger partial charge in [-0.15, -0.1) is 0 Å². The largest absolute Gasteiger partial charge is 0.482 e. The molecule has 0 fully saturated rings. The molecule has 2 atom stereocenters. The van der Waals surface area contributed by atoms with Gasteiger partial charge in [-0.2, -0.15) is 0 Å². The molecule has 0 aliphatic carbocycles. The Morgan fingerprint density at radius 3 is 2.44 bits per heavy atom. The summed E-state index contributed by atoms with van der Waals surface area (Å²) >= 11 is 6.03. The van der Waals surface area contributed by atoms with Gasteiger partial charge in [0.15, 0.2) is 6.61 Å². The maximum Gasteiger partial charge on any atom is 0.272 e. The Balaban J connectivity index is 1.49. The van der Waals surface area contributed by atoms with Crippen LogP contribution in [0.2, 0.25) is 5.02 Å². The zero-order valence-corrected chi connectivity index (χ0v) is 20.5. The number of fused-ring (bicyclic) bond motifs is 1. The van der Waals surface area contributed by atoms with Gasteiger partial charge < -0.3 is 20.3 Å². The minimum Gasteiger partial charge on any atom is -0.482 e. The van der Waals surface area contributed by atoms with Crippen molar-refractivity contribution in [1.82, 2.24) is 10.6 Å². The fraction of sp³-hybridized carbons (Fsp3) is 0.185. The van der Waals surface area contributed by atoms with Gasteiger partial charge in [0.05, 0.1) is 16.4 Å². The molecule has 36 heavy (non-hydrogen) atoms. The lowest BCUT2D eigenvalue weighted by atomic mass is 10.0. The van der Waals surface area contributed by atoms with Crippen LogP contribution in [0.5, 0.6) is 5.75 Å². The molecule has 1 heterocycles. The number of nitrogens with zero attached hydrogens (tertiary/aromatic N) is 2. The number of nitrogens with one attached hydrogen (secondary N) is 2. The van der Waals surface area contributed by atoms with E-state index in [1.54, 1.807) is 31.3 Å². The zero-order valence-electron chi connectivity index (χ0n) is 19.8. The van der Waals surface area contributed by atoms with Gasteiger partial charge in [-0.1, -0.05) is 72.3 Å². The van der Waals surface area contributed by atoms with Crippen molar-refractivity contribution in [2.75, 3.05) is 18.6 Å². The van der Waals surface area contributed by atoms with Gasteiger partial charge in [0.25, 0.3) is 11.8 Å². The van der Waals surface area contributed by atoms with Gasteiger partial charge >= 0.3 is 0 Å². The van der Waals surface area contributed by atoms with Crippen LogP contribution in [0.15, 0.2) is 83.9 Å². The lowest BCUT2D eigenvalue weighted by Crippen LogP contribution is -2.52. The van der Waals surface area contributed by atoms with Gasteiger partial charge in [0.1, 0.15) is 11.8 Å². The molecule has 9 heteroatoms. The van der Waals surface area contributed by atoms with Crippen molar-refractivity contribution in [2.24, 2.45) is 4.99 Å². The molecule has 1 aliphatic heterocycles. The van der Waals surface area contributed by atoms with Crippen LogP contribution in [0.4, 0.5) is 5.69 Å². The van der Waals surface area contributed by atoms with Gasteiger partial charge in [0.2, 0.25) is 12.1 Å². The summed E-state index contributed by atoms with van der Waals surface area (Å²) in [5, 5.41) is 5.61. The third-order valence-corrected chi connectivity index (χ3v) is 5.95. The Morgan fingerprint density at radius 2 is 1.69 bits per heavy atom. The maximum absolute atomic E-state index is 13.2. The Hall–Kier alpha value is -4.17. The molecule has 3 amide bonds. The fourth-order valence-electron chi connectivity index (χ4n) is 3.76. The number of hydrogen-bond donors (Lipinski definition) is 2. The van der Waals surface area contributed by atoms with Crippen LogP contribution in [0.1, 0.15) is 18.1 Å². The number of hydrogen-bond acceptors (Lipinski definition) is 5. The van der Waals surface area contributed by atoms with Gasteiger partial charge in [-0.3, -0.25) is 14.4 Å². The highest BCUT2D eigenvalue weighted by atomic mass is 35.5. The number of aliphatic imine (C=N–C) groups is 1. The van der Waals surface area contributed by atoms with E-state index in [0.717, 1.165) is 11.1 Å². The molecule has 0 radical (unpaired) electrons. The molecule has 0 saturated carbocycles. The molecule has 3 aromatic rings. The summed E-state index contributed by atoms with van der Waals surface area (Å²) < 4.78 is 5.42. The number of anilines is 1. The van der Waals surface area contributed by atoms with E-state index in [9.17, 15) is 14.4 Å². The maximum atomic E-state index is 13.2.